The van der Waals surface area contributed by atoms with Gasteiger partial charge in [-0.25, -0.2) is 4.79 Å². The van der Waals surface area contributed by atoms with Crippen LogP contribution in [0, 0.1) is 0 Å². The van der Waals surface area contributed by atoms with Gasteiger partial charge in [0, 0.05) is 28.6 Å². The number of carboxylic acid groups (broad SMARTS) is 1. The fourth-order valence-corrected chi connectivity index (χ4v) is 4.87. The summed E-state index contributed by atoms with van der Waals surface area (Å²) in [6.07, 6.45) is 1.74. The summed E-state index contributed by atoms with van der Waals surface area (Å²) >= 11 is 1.58. The molecule has 4 rings (SSSR count). The van der Waals surface area contributed by atoms with E-state index in [0.717, 1.165) is 39.4 Å². The second kappa shape index (κ2) is 13.3. The van der Waals surface area contributed by atoms with Gasteiger partial charge in [-0.05, 0) is 59.9 Å². The van der Waals surface area contributed by atoms with Gasteiger partial charge in [-0.2, -0.15) is 0 Å². The Labute approximate surface area is 222 Å². The molecule has 0 saturated heterocycles. The van der Waals surface area contributed by atoms with E-state index in [2.05, 4.69) is 17.4 Å². The first kappa shape index (κ1) is 26.0. The Kier molecular flexibility index (Phi) is 9.38. The molecular weight excluding hydrogens is 480 g/mol. The Morgan fingerprint density at radius 3 is 2.08 bits per heavy atom. The molecule has 0 aliphatic carbocycles. The van der Waals surface area contributed by atoms with Gasteiger partial charge in [-0.3, -0.25) is 9.69 Å². The molecule has 2 N–H and O–H groups in total. The minimum Gasteiger partial charge on any atom is -0.481 e. The van der Waals surface area contributed by atoms with Gasteiger partial charge >= 0.3 is 12.0 Å². The molecule has 0 heterocycles. The number of carbonyl (C=O) groups excluding carboxylic acids is 1. The molecule has 0 spiro atoms. The van der Waals surface area contributed by atoms with E-state index in [1.54, 1.807) is 11.8 Å². The van der Waals surface area contributed by atoms with Crippen molar-refractivity contribution >= 4 is 29.4 Å². The lowest BCUT2D eigenvalue weighted by Gasteiger charge is -2.24. The molecule has 0 bridgehead atoms. The van der Waals surface area contributed by atoms with Crippen molar-refractivity contribution in [3.63, 3.8) is 0 Å². The Morgan fingerprint density at radius 2 is 1.41 bits per heavy atom. The first-order valence-electron chi connectivity index (χ1n) is 12.3. The molecule has 188 valence electrons. The molecule has 0 saturated carbocycles. The SMILES string of the molecule is O=C(O)Cc1ccc(Sc2cccc(N(CCCc3ccccc3)C(=O)NCc3ccccc3)c2)cc1. The van der Waals surface area contributed by atoms with Gasteiger partial charge < -0.3 is 10.4 Å². The van der Waals surface area contributed by atoms with E-state index >= 15 is 0 Å². The zero-order valence-electron chi connectivity index (χ0n) is 20.5. The number of aliphatic carboxylic acids is 1. The van der Waals surface area contributed by atoms with Crippen LogP contribution >= 0.6 is 11.8 Å². The fraction of sp³-hybridized carbons (Fsp3) is 0.161. The Balaban J connectivity index is 1.47. The molecule has 4 aromatic rings. The minimum atomic E-state index is -0.842. The number of benzene rings is 4. The van der Waals surface area contributed by atoms with Crippen molar-refractivity contribution in [3.05, 3.63) is 126 Å². The molecule has 0 atom stereocenters. The van der Waals surface area contributed by atoms with Gasteiger partial charge in [-0.1, -0.05) is 90.6 Å². The van der Waals surface area contributed by atoms with Crippen LogP contribution in [-0.4, -0.2) is 23.7 Å². The normalized spacial score (nSPS) is 10.6. The average molecular weight is 511 g/mol. The number of hydrogen-bond donors (Lipinski definition) is 2. The van der Waals surface area contributed by atoms with Crippen molar-refractivity contribution in [2.75, 3.05) is 11.4 Å². The monoisotopic (exact) mass is 510 g/mol. The number of nitrogens with zero attached hydrogens (tertiary/aromatic N) is 1. The maximum absolute atomic E-state index is 13.3. The van der Waals surface area contributed by atoms with Crippen molar-refractivity contribution in [2.24, 2.45) is 0 Å². The molecule has 5 nitrogen and oxygen atoms in total. The van der Waals surface area contributed by atoms with Crippen molar-refractivity contribution in [3.8, 4) is 0 Å². The van der Waals surface area contributed by atoms with E-state index in [4.69, 9.17) is 5.11 Å². The fourth-order valence-electron chi connectivity index (χ4n) is 4.00. The molecule has 2 amide bonds. The average Bonchev–Trinajstić information content (AvgIpc) is 2.92. The quantitative estimate of drug-likeness (QED) is 0.232. The summed E-state index contributed by atoms with van der Waals surface area (Å²) in [6, 6.07) is 35.6. The van der Waals surface area contributed by atoms with E-state index in [9.17, 15) is 9.59 Å². The zero-order valence-corrected chi connectivity index (χ0v) is 21.4. The summed E-state index contributed by atoms with van der Waals surface area (Å²) in [5.41, 5.74) is 3.91. The summed E-state index contributed by atoms with van der Waals surface area (Å²) in [4.78, 5) is 28.1. The third-order valence-corrected chi connectivity index (χ3v) is 6.86. The van der Waals surface area contributed by atoms with Gasteiger partial charge in [0.1, 0.15) is 0 Å². The highest BCUT2D eigenvalue weighted by molar-refractivity contribution is 7.99. The van der Waals surface area contributed by atoms with Gasteiger partial charge in [-0.15, -0.1) is 0 Å². The van der Waals surface area contributed by atoms with Crippen LogP contribution in [0.1, 0.15) is 23.1 Å². The van der Waals surface area contributed by atoms with Crippen LogP contribution in [0.25, 0.3) is 0 Å². The number of amides is 2. The number of aryl methyl sites for hydroxylation is 1. The summed E-state index contributed by atoms with van der Waals surface area (Å²) in [7, 11) is 0. The van der Waals surface area contributed by atoms with Crippen molar-refractivity contribution in [1.29, 1.82) is 0 Å². The molecule has 0 fully saturated rings. The van der Waals surface area contributed by atoms with E-state index in [1.807, 2.05) is 102 Å². The van der Waals surface area contributed by atoms with Crippen LogP contribution in [0.4, 0.5) is 10.5 Å². The lowest BCUT2D eigenvalue weighted by Crippen LogP contribution is -2.40. The molecule has 0 unspecified atom stereocenters. The van der Waals surface area contributed by atoms with Crippen molar-refractivity contribution < 1.29 is 14.7 Å². The maximum Gasteiger partial charge on any atom is 0.322 e. The highest BCUT2D eigenvalue weighted by atomic mass is 32.2. The molecule has 37 heavy (non-hydrogen) atoms. The summed E-state index contributed by atoms with van der Waals surface area (Å²) in [5, 5.41) is 12.1. The molecule has 0 aliphatic rings. The first-order chi connectivity index (χ1) is 18.1. The Hall–Kier alpha value is -4.03. The van der Waals surface area contributed by atoms with Crippen LogP contribution in [0.2, 0.25) is 0 Å². The number of anilines is 1. The Morgan fingerprint density at radius 1 is 0.730 bits per heavy atom. The number of urea groups is 1. The van der Waals surface area contributed by atoms with Crippen LogP contribution in [-0.2, 0) is 24.2 Å². The third kappa shape index (κ3) is 8.26. The van der Waals surface area contributed by atoms with Gasteiger partial charge in [0.15, 0.2) is 0 Å². The highest BCUT2D eigenvalue weighted by Gasteiger charge is 2.16. The molecule has 0 aliphatic heterocycles. The second-order valence-electron chi connectivity index (χ2n) is 8.70. The molecule has 6 heteroatoms. The topological polar surface area (TPSA) is 69.6 Å². The second-order valence-corrected chi connectivity index (χ2v) is 9.85. The van der Waals surface area contributed by atoms with Gasteiger partial charge in [0.2, 0.25) is 0 Å². The predicted octanol–water partition coefficient (Wildman–Crippen LogP) is 6.81. The molecule has 4 aromatic carbocycles. The lowest BCUT2D eigenvalue weighted by atomic mass is 10.1. The number of rotatable bonds is 11. The van der Waals surface area contributed by atoms with E-state index in [1.165, 1.54) is 5.56 Å². The summed E-state index contributed by atoms with van der Waals surface area (Å²) in [5.74, 6) is -0.842. The molecular formula is C31H30N2O3S. The van der Waals surface area contributed by atoms with Crippen molar-refractivity contribution in [1.82, 2.24) is 5.32 Å². The van der Waals surface area contributed by atoms with E-state index in [0.29, 0.717) is 13.1 Å². The maximum atomic E-state index is 13.3. The number of carboxylic acids is 1. The standard InChI is InChI=1S/C31H30N2O3S/c34-30(35)21-25-16-18-28(19-17-25)37-29-15-7-14-27(22-29)33(20-8-13-24-9-3-1-4-10-24)31(36)32-23-26-11-5-2-6-12-26/h1-7,9-12,14-19,22H,8,13,20-21,23H2,(H,32,36)(H,34,35). The third-order valence-electron chi connectivity index (χ3n) is 5.87. The Bertz CT molecular complexity index is 1300. The van der Waals surface area contributed by atoms with Crippen LogP contribution in [0.3, 0.4) is 0 Å². The van der Waals surface area contributed by atoms with Crippen LogP contribution in [0.5, 0.6) is 0 Å². The van der Waals surface area contributed by atoms with Crippen LogP contribution < -0.4 is 10.2 Å². The van der Waals surface area contributed by atoms with Gasteiger partial charge in [0.05, 0.1) is 6.42 Å². The largest absolute Gasteiger partial charge is 0.481 e. The van der Waals surface area contributed by atoms with E-state index in [-0.39, 0.29) is 12.5 Å². The molecule has 0 radical (unpaired) electrons. The number of carbonyl (C=O) groups is 2. The zero-order chi connectivity index (χ0) is 25.9. The minimum absolute atomic E-state index is 0.0104. The smallest absolute Gasteiger partial charge is 0.322 e. The predicted molar refractivity (Wildman–Crippen MR) is 149 cm³/mol. The molecule has 0 aromatic heterocycles. The van der Waals surface area contributed by atoms with Crippen molar-refractivity contribution in [2.45, 2.75) is 35.6 Å². The summed E-state index contributed by atoms with van der Waals surface area (Å²) < 4.78 is 0. The van der Waals surface area contributed by atoms with Crippen LogP contribution in [0.15, 0.2) is 119 Å². The number of nitrogens with one attached hydrogen (secondary N) is 1. The number of hydrogen-bond acceptors (Lipinski definition) is 3. The lowest BCUT2D eigenvalue weighted by molar-refractivity contribution is -0.136. The van der Waals surface area contributed by atoms with Gasteiger partial charge in [0.25, 0.3) is 0 Å². The first-order valence-corrected chi connectivity index (χ1v) is 13.1. The van der Waals surface area contributed by atoms with E-state index < -0.39 is 5.97 Å². The highest BCUT2D eigenvalue weighted by Crippen LogP contribution is 2.31. The summed E-state index contributed by atoms with van der Waals surface area (Å²) in [6.45, 7) is 1.06.